The average Bonchev–Trinajstić information content (AvgIpc) is 2.06. The molecule has 1 aromatic rings. The van der Waals surface area contributed by atoms with Gasteiger partial charge in [0.25, 0.3) is 0 Å². The summed E-state index contributed by atoms with van der Waals surface area (Å²) in [6.07, 6.45) is 3.95. The zero-order valence-corrected chi connectivity index (χ0v) is 9.94. The first-order valence-corrected chi connectivity index (χ1v) is 4.90. The number of halogens is 2. The minimum atomic E-state index is 0. The molecule has 0 bridgehead atoms. The summed E-state index contributed by atoms with van der Waals surface area (Å²) in [7, 11) is 0. The van der Waals surface area contributed by atoms with Crippen molar-refractivity contribution in [2.75, 3.05) is 0 Å². The predicted molar refractivity (Wildman–Crippen MR) is 61.0 cm³/mol. The third kappa shape index (κ3) is 4.07. The molecule has 13 heavy (non-hydrogen) atoms. The molecule has 2 N–H and O–H groups in total. The van der Waals surface area contributed by atoms with Gasteiger partial charge in [0.15, 0.2) is 0 Å². The van der Waals surface area contributed by atoms with E-state index in [2.05, 4.69) is 27.8 Å². The molecule has 0 aromatic carbocycles. The van der Waals surface area contributed by atoms with E-state index in [4.69, 9.17) is 5.73 Å². The molecule has 1 aromatic heterocycles. The lowest BCUT2D eigenvalue weighted by Gasteiger charge is -2.09. The summed E-state index contributed by atoms with van der Waals surface area (Å²) in [5.41, 5.74) is 7.01. The number of hydrogen-bond donors (Lipinski definition) is 1. The minimum Gasteiger partial charge on any atom is -0.324 e. The van der Waals surface area contributed by atoms with Crippen LogP contribution in [0.4, 0.5) is 0 Å². The van der Waals surface area contributed by atoms with Gasteiger partial charge in [-0.2, -0.15) is 0 Å². The van der Waals surface area contributed by atoms with Gasteiger partial charge in [0.1, 0.15) is 4.60 Å². The lowest BCUT2D eigenvalue weighted by Crippen LogP contribution is -2.09. The minimum absolute atomic E-state index is 0. The lowest BCUT2D eigenvalue weighted by molar-refractivity contribution is 0.636. The van der Waals surface area contributed by atoms with Gasteiger partial charge in [-0.3, -0.25) is 0 Å². The second-order valence-electron chi connectivity index (χ2n) is 2.81. The normalized spacial score (nSPS) is 11.9. The van der Waals surface area contributed by atoms with E-state index in [-0.39, 0.29) is 18.4 Å². The van der Waals surface area contributed by atoms with E-state index >= 15 is 0 Å². The van der Waals surface area contributed by atoms with E-state index in [1.54, 1.807) is 0 Å². The van der Waals surface area contributed by atoms with Gasteiger partial charge < -0.3 is 5.73 Å². The van der Waals surface area contributed by atoms with E-state index in [0.717, 1.165) is 23.0 Å². The van der Waals surface area contributed by atoms with Crippen molar-refractivity contribution in [1.29, 1.82) is 0 Å². The van der Waals surface area contributed by atoms with Gasteiger partial charge in [-0.05, 0) is 34.0 Å². The van der Waals surface area contributed by atoms with Gasteiger partial charge in [0, 0.05) is 12.2 Å². The molecule has 0 amide bonds. The topological polar surface area (TPSA) is 38.9 Å². The molecule has 2 nitrogen and oxygen atoms in total. The SMILES string of the molecule is CCC[C@H](N)c1ccc(Br)nc1.Cl. The molecular weight excluding hydrogens is 251 g/mol. The zero-order chi connectivity index (χ0) is 8.97. The molecule has 0 aliphatic rings. The Kier molecular flexibility index (Phi) is 6.29. The van der Waals surface area contributed by atoms with Crippen LogP contribution in [-0.2, 0) is 0 Å². The Balaban J connectivity index is 0.00000144. The monoisotopic (exact) mass is 264 g/mol. The number of nitrogens with two attached hydrogens (primary N) is 1. The molecule has 0 aliphatic heterocycles. The molecular formula is C9H14BrClN2. The third-order valence-corrected chi connectivity index (χ3v) is 2.25. The van der Waals surface area contributed by atoms with Gasteiger partial charge in [-0.1, -0.05) is 19.4 Å². The molecule has 0 aliphatic carbocycles. The van der Waals surface area contributed by atoms with Crippen LogP contribution in [0, 0.1) is 0 Å². The average molecular weight is 266 g/mol. The number of pyridine rings is 1. The first kappa shape index (κ1) is 12.9. The van der Waals surface area contributed by atoms with Crippen LogP contribution in [0.2, 0.25) is 0 Å². The number of rotatable bonds is 3. The van der Waals surface area contributed by atoms with E-state index in [9.17, 15) is 0 Å². The van der Waals surface area contributed by atoms with Crippen LogP contribution in [0.25, 0.3) is 0 Å². The molecule has 0 spiro atoms. The van der Waals surface area contributed by atoms with Crippen molar-refractivity contribution >= 4 is 28.3 Å². The highest BCUT2D eigenvalue weighted by molar-refractivity contribution is 9.10. The van der Waals surface area contributed by atoms with Crippen LogP contribution in [0.5, 0.6) is 0 Å². The molecule has 0 radical (unpaired) electrons. The molecule has 1 heterocycles. The summed E-state index contributed by atoms with van der Waals surface area (Å²) in [5.74, 6) is 0. The van der Waals surface area contributed by atoms with Crippen molar-refractivity contribution in [1.82, 2.24) is 4.98 Å². The van der Waals surface area contributed by atoms with Crippen molar-refractivity contribution < 1.29 is 0 Å². The standard InChI is InChI=1S/C9H13BrN2.ClH/c1-2-3-8(11)7-4-5-9(10)12-6-7;/h4-6,8H,2-3,11H2,1H3;1H/t8-;/m0./s1. The summed E-state index contributed by atoms with van der Waals surface area (Å²) >= 11 is 3.28. The van der Waals surface area contributed by atoms with Crippen LogP contribution in [0.1, 0.15) is 31.4 Å². The van der Waals surface area contributed by atoms with Crippen LogP contribution in [0.3, 0.4) is 0 Å². The summed E-state index contributed by atoms with van der Waals surface area (Å²) < 4.78 is 0.856. The second kappa shape index (κ2) is 6.35. The van der Waals surface area contributed by atoms with Gasteiger partial charge in [-0.25, -0.2) is 4.98 Å². The van der Waals surface area contributed by atoms with E-state index in [1.165, 1.54) is 0 Å². The summed E-state index contributed by atoms with van der Waals surface area (Å²) in [5, 5.41) is 0. The maximum Gasteiger partial charge on any atom is 0.106 e. The smallest absolute Gasteiger partial charge is 0.106 e. The summed E-state index contributed by atoms with van der Waals surface area (Å²) in [6, 6.07) is 4.07. The van der Waals surface area contributed by atoms with E-state index < -0.39 is 0 Å². The first-order chi connectivity index (χ1) is 5.74. The molecule has 0 fully saturated rings. The van der Waals surface area contributed by atoms with Crippen LogP contribution < -0.4 is 5.73 Å². The Labute approximate surface area is 93.5 Å². The summed E-state index contributed by atoms with van der Waals surface area (Å²) in [4.78, 5) is 4.12. The molecule has 0 saturated carbocycles. The van der Waals surface area contributed by atoms with Crippen molar-refractivity contribution in [3.8, 4) is 0 Å². The van der Waals surface area contributed by atoms with Gasteiger partial charge >= 0.3 is 0 Å². The fourth-order valence-electron chi connectivity index (χ4n) is 1.08. The number of nitrogens with zero attached hydrogens (tertiary/aromatic N) is 1. The quantitative estimate of drug-likeness (QED) is 0.853. The van der Waals surface area contributed by atoms with Gasteiger partial charge in [0.2, 0.25) is 0 Å². The molecule has 1 atom stereocenters. The van der Waals surface area contributed by atoms with Crippen molar-refractivity contribution in [3.63, 3.8) is 0 Å². The van der Waals surface area contributed by atoms with Crippen molar-refractivity contribution in [2.24, 2.45) is 5.73 Å². The fraction of sp³-hybridized carbons (Fsp3) is 0.444. The highest BCUT2D eigenvalue weighted by Crippen LogP contribution is 2.15. The molecule has 1 rings (SSSR count). The Hall–Kier alpha value is -0.120. The van der Waals surface area contributed by atoms with Gasteiger partial charge in [0.05, 0.1) is 0 Å². The van der Waals surface area contributed by atoms with Crippen molar-refractivity contribution in [3.05, 3.63) is 28.5 Å². The van der Waals surface area contributed by atoms with Gasteiger partial charge in [-0.15, -0.1) is 12.4 Å². The Morgan fingerprint density at radius 1 is 1.54 bits per heavy atom. The predicted octanol–water partition coefficient (Wildman–Crippen LogP) is 3.07. The number of hydrogen-bond acceptors (Lipinski definition) is 2. The third-order valence-electron chi connectivity index (χ3n) is 1.78. The molecule has 0 unspecified atom stereocenters. The molecule has 74 valence electrons. The Morgan fingerprint density at radius 3 is 2.69 bits per heavy atom. The first-order valence-electron chi connectivity index (χ1n) is 4.11. The zero-order valence-electron chi connectivity index (χ0n) is 7.53. The van der Waals surface area contributed by atoms with Crippen LogP contribution in [-0.4, -0.2) is 4.98 Å². The van der Waals surface area contributed by atoms with E-state index in [1.807, 2.05) is 18.3 Å². The summed E-state index contributed by atoms with van der Waals surface area (Å²) in [6.45, 7) is 2.13. The highest BCUT2D eigenvalue weighted by atomic mass is 79.9. The second-order valence-corrected chi connectivity index (χ2v) is 3.62. The van der Waals surface area contributed by atoms with E-state index in [0.29, 0.717) is 0 Å². The Morgan fingerprint density at radius 2 is 2.23 bits per heavy atom. The highest BCUT2D eigenvalue weighted by Gasteiger charge is 2.03. The molecule has 4 heteroatoms. The number of aromatic nitrogens is 1. The largest absolute Gasteiger partial charge is 0.324 e. The fourth-order valence-corrected chi connectivity index (χ4v) is 1.32. The lowest BCUT2D eigenvalue weighted by atomic mass is 10.1. The Bertz CT molecular complexity index is 238. The van der Waals surface area contributed by atoms with Crippen LogP contribution in [0.15, 0.2) is 22.9 Å². The molecule has 0 saturated heterocycles. The van der Waals surface area contributed by atoms with Crippen LogP contribution >= 0.6 is 28.3 Å². The maximum atomic E-state index is 5.90. The van der Waals surface area contributed by atoms with Crippen molar-refractivity contribution in [2.45, 2.75) is 25.8 Å². The maximum absolute atomic E-state index is 5.90.